The Morgan fingerprint density at radius 1 is 0.733 bits per heavy atom. The zero-order chi connectivity index (χ0) is 78.7. The molecule has 0 radical (unpaired) electrons. The van der Waals surface area contributed by atoms with Gasteiger partial charge in [0.2, 0.25) is 70.9 Å². The van der Waals surface area contributed by atoms with Crippen LogP contribution in [0.4, 0.5) is 13.2 Å². The Kier molecular flexibility index (Phi) is 32.6. The number of nitrogens with one attached hydrogen (secondary N) is 3. The summed E-state index contributed by atoms with van der Waals surface area (Å²) < 4.78 is 47.7. The first kappa shape index (κ1) is 87.2. The van der Waals surface area contributed by atoms with E-state index < -0.39 is 179 Å². The van der Waals surface area contributed by atoms with Gasteiger partial charge in [0.25, 0.3) is 0 Å². The van der Waals surface area contributed by atoms with Gasteiger partial charge in [0.15, 0.2) is 0 Å². The van der Waals surface area contributed by atoms with Crippen molar-refractivity contribution in [1.29, 1.82) is 0 Å². The number of rotatable bonds is 19. The minimum Gasteiger partial charge on any atom is -0.375 e. The molecule has 582 valence electrons. The van der Waals surface area contributed by atoms with Gasteiger partial charge in [-0.2, -0.15) is 13.2 Å². The van der Waals surface area contributed by atoms with Crippen LogP contribution in [0.2, 0.25) is 5.02 Å². The highest BCUT2D eigenvalue weighted by atomic mass is 35.5. The molecule has 2 heterocycles. The van der Waals surface area contributed by atoms with Gasteiger partial charge < -0.3 is 64.8 Å². The second kappa shape index (κ2) is 39.3. The van der Waals surface area contributed by atoms with Crippen LogP contribution in [0.25, 0.3) is 0 Å². The largest absolute Gasteiger partial charge is 0.417 e. The molecule has 5 rings (SSSR count). The Labute approximate surface area is 622 Å². The van der Waals surface area contributed by atoms with Gasteiger partial charge in [0, 0.05) is 75.9 Å². The molecule has 1 unspecified atom stereocenters. The van der Waals surface area contributed by atoms with E-state index in [1.165, 1.54) is 106 Å². The molecule has 105 heavy (non-hydrogen) atoms. The van der Waals surface area contributed by atoms with Crippen LogP contribution in [-0.2, 0) is 81.3 Å². The third-order valence-corrected chi connectivity index (χ3v) is 20.8. The average molecular weight is 1490 g/mol. The van der Waals surface area contributed by atoms with Crippen LogP contribution in [0.3, 0.4) is 0 Å². The number of halogens is 4. The van der Waals surface area contributed by atoms with Crippen molar-refractivity contribution in [3.63, 3.8) is 0 Å². The number of hydrogen-bond acceptors (Lipinski definition) is 13. The van der Waals surface area contributed by atoms with Crippen LogP contribution < -0.4 is 16.0 Å². The second-order valence-corrected chi connectivity index (χ2v) is 29.7. The summed E-state index contributed by atoms with van der Waals surface area (Å²) in [5, 5.41) is 7.96. The van der Waals surface area contributed by atoms with Crippen molar-refractivity contribution in [2.75, 3.05) is 95.8 Å². The number of alkyl halides is 3. The van der Waals surface area contributed by atoms with E-state index in [-0.39, 0.29) is 76.1 Å². The monoisotopic (exact) mass is 1490 g/mol. The van der Waals surface area contributed by atoms with Gasteiger partial charge in [-0.1, -0.05) is 120 Å². The number of benzene rings is 2. The molecule has 2 aliphatic heterocycles. The number of ether oxygens (including phenoxy) is 1. The summed E-state index contributed by atoms with van der Waals surface area (Å²) >= 11 is 6.17. The van der Waals surface area contributed by atoms with Crippen molar-refractivity contribution >= 4 is 82.5 Å². The number of carbonyl (C=O) groups is 12. The highest BCUT2D eigenvalue weighted by Crippen LogP contribution is 2.37. The maximum atomic E-state index is 15.5. The van der Waals surface area contributed by atoms with E-state index in [9.17, 15) is 41.9 Å². The minimum absolute atomic E-state index is 0.0186. The first-order valence-electron chi connectivity index (χ1n) is 36.3. The predicted octanol–water partition coefficient (Wildman–Crippen LogP) is 6.06. The molecule has 10 atom stereocenters. The highest BCUT2D eigenvalue weighted by Gasteiger charge is 2.49. The van der Waals surface area contributed by atoms with Crippen LogP contribution >= 0.6 is 11.6 Å². The fourth-order valence-electron chi connectivity index (χ4n) is 14.1. The summed E-state index contributed by atoms with van der Waals surface area (Å²) in [6, 6.07) is -0.719. The average Bonchev–Trinajstić information content (AvgIpc) is 1.66. The maximum Gasteiger partial charge on any atom is 0.417 e. The zero-order valence-corrected chi connectivity index (χ0v) is 64.7. The Hall–Kier alpha value is -8.40. The summed E-state index contributed by atoms with van der Waals surface area (Å²) in [5.41, 5.74) is -1.12. The molecule has 0 bridgehead atoms. The van der Waals surface area contributed by atoms with Crippen LogP contribution in [0.5, 0.6) is 0 Å². The minimum atomic E-state index is -4.79. The molecule has 1 saturated carbocycles. The van der Waals surface area contributed by atoms with E-state index >= 15 is 28.8 Å². The molecule has 25 nitrogen and oxygen atoms in total. The van der Waals surface area contributed by atoms with Gasteiger partial charge in [0.1, 0.15) is 53.9 Å². The quantitative estimate of drug-likeness (QED) is 0.107. The molecule has 12 amide bonds. The molecule has 2 aromatic rings. The molecule has 3 aliphatic rings. The van der Waals surface area contributed by atoms with Crippen molar-refractivity contribution in [3.05, 3.63) is 95.1 Å². The van der Waals surface area contributed by atoms with E-state index in [4.69, 9.17) is 16.3 Å². The normalized spacial score (nSPS) is 25.0. The molecule has 2 saturated heterocycles. The Bertz CT molecular complexity index is 3440. The van der Waals surface area contributed by atoms with Crippen molar-refractivity contribution < 1.29 is 75.4 Å². The number of aryl methyl sites for hydroxylation is 2. The highest BCUT2D eigenvalue weighted by molar-refractivity contribution is 6.31. The van der Waals surface area contributed by atoms with E-state index in [2.05, 4.69) is 29.1 Å². The third kappa shape index (κ3) is 22.8. The van der Waals surface area contributed by atoms with E-state index in [1.807, 2.05) is 20.8 Å². The van der Waals surface area contributed by atoms with Crippen LogP contribution in [0.15, 0.2) is 67.8 Å². The Balaban J connectivity index is 1.71. The molecular weight excluding hydrogens is 1380 g/mol. The lowest BCUT2D eigenvalue weighted by Gasteiger charge is -2.42. The lowest BCUT2D eigenvalue weighted by molar-refractivity contribution is -0.156. The zero-order valence-electron chi connectivity index (χ0n) is 63.9. The number of likely N-dealkylation sites (N-methyl/N-ethyl adjacent to an activating group) is 7. The van der Waals surface area contributed by atoms with Crippen molar-refractivity contribution in [2.24, 2.45) is 17.8 Å². The molecule has 1 aliphatic carbocycles. The maximum absolute atomic E-state index is 15.5. The first-order valence-corrected chi connectivity index (χ1v) is 36.7. The van der Waals surface area contributed by atoms with Gasteiger partial charge in [-0.15, -0.1) is 13.2 Å². The molecule has 3 fully saturated rings. The summed E-state index contributed by atoms with van der Waals surface area (Å²) in [4.78, 5) is 191. The Morgan fingerprint density at radius 2 is 1.35 bits per heavy atom. The van der Waals surface area contributed by atoms with Crippen LogP contribution in [0.1, 0.15) is 141 Å². The summed E-state index contributed by atoms with van der Waals surface area (Å²) in [7, 11) is 11.1. The Morgan fingerprint density at radius 3 is 1.92 bits per heavy atom. The van der Waals surface area contributed by atoms with E-state index in [0.717, 1.165) is 37.3 Å². The topological polar surface area (TPSA) is 279 Å². The van der Waals surface area contributed by atoms with Gasteiger partial charge in [-0.3, -0.25) is 57.5 Å². The fourth-order valence-corrected chi connectivity index (χ4v) is 14.4. The summed E-state index contributed by atoms with van der Waals surface area (Å²) in [6.07, 6.45) is 0.440. The van der Waals surface area contributed by atoms with E-state index in [0.29, 0.717) is 44.1 Å². The number of nitrogens with zero attached hydrogens (tertiary/aromatic N) is 9. The lowest BCUT2D eigenvalue weighted by Crippen LogP contribution is -2.65. The number of fused-ring (bicyclic) bond motifs is 1. The molecule has 29 heteroatoms. The number of carbonyl (C=O) groups excluding carboxylic acids is 12. The standard InChI is InChI=1S/C76H112ClF3N12O13/c1-18-36-75(9)74(104)90(17)65(52-25-22-23-26-52)73(103)89(16)58(69(99)84(10)11)43-62(94)87(14)57(40-47(5)6)66(96)82-64(49(8)21-4)72(102)86(13)45-63(95)88(15)60(46-105-39-20-3)71(101)91(37-19-2)59(42-51-30-28-48(7)29-31-51)70(100)85(12)44-61(93)81-55(68(98)92-38-24-27-56(92)67(97)83-75)35-33-50-32-34-53(54(77)41-50)76(78,79)80/h19-20,28-32,34,41,47,49,52,55-60,64-65H,2-3,18,21-27,33,35-40,42-46H2,1,4-17H3,(H,81,93)(H,82,96)(H,83,97)/t49-,55-,56-,57-,58-,59-,60-,64-,65-,75?/m0/s1. The number of amides is 12. The first-order chi connectivity index (χ1) is 49.3. The van der Waals surface area contributed by atoms with E-state index in [1.54, 1.807) is 45.0 Å². The van der Waals surface area contributed by atoms with Gasteiger partial charge in [-0.05, 0) is 106 Å². The SMILES string of the molecule is C=CCOC[C@H]1C(=O)N(CC=C)[C@@H](Cc2ccc(C)cc2)C(=O)N(C)CC(=O)N[C@@H](CCc2ccc(C(F)(F)F)c(Cl)c2)C(=O)N2CCC[C@H]2C(=O)NC(C)(CCC)C(=O)N(C)[C@@H](C2CCCC2)C(=O)N(C)[C@H](C(=O)N(C)C)CC(=O)N(C)[C@@H](CC(C)C)C(=O)N[C@@H]([C@@H](C)CC)C(=O)N(C)CC(=O)N1C. The third-order valence-electron chi connectivity index (χ3n) is 20.5. The summed E-state index contributed by atoms with van der Waals surface area (Å²) in [6.45, 7) is 17.8. The predicted molar refractivity (Wildman–Crippen MR) is 392 cm³/mol. The van der Waals surface area contributed by atoms with Crippen molar-refractivity contribution in [1.82, 2.24) is 60.0 Å². The van der Waals surface area contributed by atoms with Gasteiger partial charge in [0.05, 0.1) is 43.3 Å². The fraction of sp³-hybridized carbons (Fsp3) is 0.632. The summed E-state index contributed by atoms with van der Waals surface area (Å²) in [5.74, 6) is -10.1. The molecule has 0 aromatic heterocycles. The smallest absolute Gasteiger partial charge is 0.375 e. The molecule has 0 spiro atoms. The molecule has 3 N–H and O–H groups in total. The van der Waals surface area contributed by atoms with Gasteiger partial charge >= 0.3 is 6.18 Å². The van der Waals surface area contributed by atoms with Crippen LogP contribution in [0, 0.1) is 24.7 Å². The number of hydrogen-bond donors (Lipinski definition) is 3. The lowest BCUT2D eigenvalue weighted by atomic mass is 9.89. The van der Waals surface area contributed by atoms with Gasteiger partial charge in [-0.25, -0.2) is 0 Å². The molecular formula is C76H112ClF3N12O13. The van der Waals surface area contributed by atoms with Crippen molar-refractivity contribution in [2.45, 2.75) is 198 Å². The molecule has 2 aromatic carbocycles. The second-order valence-electron chi connectivity index (χ2n) is 29.3. The van der Waals surface area contributed by atoms with Crippen LogP contribution in [-0.4, -0.2) is 265 Å². The van der Waals surface area contributed by atoms with Crippen molar-refractivity contribution in [3.8, 4) is 0 Å².